The van der Waals surface area contributed by atoms with Gasteiger partial charge in [0.25, 0.3) is 0 Å². The predicted octanol–water partition coefficient (Wildman–Crippen LogP) is 4.95. The summed E-state index contributed by atoms with van der Waals surface area (Å²) in [5, 5.41) is 12.1. The summed E-state index contributed by atoms with van der Waals surface area (Å²) >= 11 is 0. The Labute approximate surface area is 216 Å². The molecule has 1 fully saturated rings. The number of carboxylic acid groups (broad SMARTS) is 1. The smallest absolute Gasteiger partial charge is 0.408 e. The van der Waals surface area contributed by atoms with Gasteiger partial charge in [-0.2, -0.15) is 0 Å². The van der Waals surface area contributed by atoms with Gasteiger partial charge in [0.2, 0.25) is 5.91 Å². The number of benzene rings is 3. The maximum absolute atomic E-state index is 13.7. The molecule has 0 bridgehead atoms. The van der Waals surface area contributed by atoms with Gasteiger partial charge >= 0.3 is 12.1 Å². The third-order valence-corrected chi connectivity index (χ3v) is 7.40. The van der Waals surface area contributed by atoms with Crippen molar-refractivity contribution in [3.63, 3.8) is 0 Å². The fourth-order valence-corrected chi connectivity index (χ4v) is 5.34. The van der Waals surface area contributed by atoms with Crippen molar-refractivity contribution < 1.29 is 24.2 Å². The van der Waals surface area contributed by atoms with Crippen LogP contribution in [0.3, 0.4) is 0 Å². The monoisotopic (exact) mass is 498 g/mol. The minimum Gasteiger partial charge on any atom is -0.481 e. The van der Waals surface area contributed by atoms with Crippen molar-refractivity contribution in [1.29, 1.82) is 0 Å². The highest BCUT2D eigenvalue weighted by Crippen LogP contribution is 2.44. The number of carbonyl (C=O) groups is 3. The topological polar surface area (TPSA) is 95.9 Å². The summed E-state index contributed by atoms with van der Waals surface area (Å²) in [4.78, 5) is 39.4. The summed E-state index contributed by atoms with van der Waals surface area (Å²) in [7, 11) is 0. The van der Waals surface area contributed by atoms with Crippen LogP contribution in [0.2, 0.25) is 0 Å². The van der Waals surface area contributed by atoms with E-state index in [1.165, 1.54) is 4.90 Å². The number of hydrogen-bond acceptors (Lipinski definition) is 4. The highest BCUT2D eigenvalue weighted by molar-refractivity contribution is 5.91. The van der Waals surface area contributed by atoms with E-state index < -0.39 is 17.6 Å². The zero-order valence-electron chi connectivity index (χ0n) is 20.6. The van der Waals surface area contributed by atoms with Crippen molar-refractivity contribution >= 4 is 18.0 Å². The second-order valence-electron chi connectivity index (χ2n) is 9.74. The Morgan fingerprint density at radius 1 is 0.892 bits per heavy atom. The summed E-state index contributed by atoms with van der Waals surface area (Å²) in [5.74, 6) is -1.31. The maximum Gasteiger partial charge on any atom is 0.408 e. The predicted molar refractivity (Wildman–Crippen MR) is 139 cm³/mol. The Hall–Kier alpha value is -4.13. The minimum atomic E-state index is -1.07. The summed E-state index contributed by atoms with van der Waals surface area (Å²) in [5.41, 5.74) is 4.36. The summed E-state index contributed by atoms with van der Waals surface area (Å²) < 4.78 is 5.70. The number of nitrogens with one attached hydrogen (secondary N) is 1. The molecule has 7 nitrogen and oxygen atoms in total. The van der Waals surface area contributed by atoms with Crippen LogP contribution in [0, 0.1) is 0 Å². The number of carboxylic acids is 1. The number of rotatable bonds is 9. The fraction of sp³-hybridized carbons (Fsp3) is 0.300. The highest BCUT2D eigenvalue weighted by atomic mass is 16.5. The number of carbonyl (C=O) groups excluding carboxylic acids is 2. The second kappa shape index (κ2) is 10.5. The lowest BCUT2D eigenvalue weighted by molar-refractivity contribution is -0.144. The molecule has 0 aliphatic heterocycles. The third-order valence-electron chi connectivity index (χ3n) is 7.40. The van der Waals surface area contributed by atoms with Crippen LogP contribution < -0.4 is 5.32 Å². The molecule has 0 heterocycles. The van der Waals surface area contributed by atoms with Gasteiger partial charge in [-0.3, -0.25) is 9.59 Å². The molecule has 1 saturated carbocycles. The van der Waals surface area contributed by atoms with Crippen LogP contribution in [-0.4, -0.2) is 46.7 Å². The van der Waals surface area contributed by atoms with Gasteiger partial charge in [-0.15, -0.1) is 0 Å². The number of alkyl carbamates (subject to hydrolysis) is 1. The number of amides is 2. The molecule has 2 aliphatic rings. The maximum atomic E-state index is 13.7. The van der Waals surface area contributed by atoms with E-state index in [4.69, 9.17) is 4.74 Å². The molecule has 7 heteroatoms. The summed E-state index contributed by atoms with van der Waals surface area (Å²) in [6.45, 7) is 0.509. The van der Waals surface area contributed by atoms with Crippen molar-refractivity contribution in [2.75, 3.05) is 13.2 Å². The van der Waals surface area contributed by atoms with Crippen LogP contribution in [0.4, 0.5) is 4.79 Å². The van der Waals surface area contributed by atoms with Crippen molar-refractivity contribution in [3.8, 4) is 11.1 Å². The van der Waals surface area contributed by atoms with Gasteiger partial charge in [0, 0.05) is 19.0 Å². The molecule has 0 saturated heterocycles. The molecule has 37 heavy (non-hydrogen) atoms. The molecule has 3 aromatic rings. The molecule has 0 radical (unpaired) electrons. The van der Waals surface area contributed by atoms with Crippen molar-refractivity contribution in [2.45, 2.75) is 43.7 Å². The summed E-state index contributed by atoms with van der Waals surface area (Å²) in [6, 6.07) is 25.7. The molecule has 0 spiro atoms. The third kappa shape index (κ3) is 5.07. The Morgan fingerprint density at radius 3 is 2.05 bits per heavy atom. The Kier molecular flexibility index (Phi) is 6.95. The Bertz CT molecular complexity index is 1260. The lowest BCUT2D eigenvalue weighted by Gasteiger charge is -2.43. The molecule has 0 unspecified atom stereocenters. The normalized spacial score (nSPS) is 15.1. The second-order valence-corrected chi connectivity index (χ2v) is 9.74. The van der Waals surface area contributed by atoms with E-state index >= 15 is 0 Å². The number of aliphatic carboxylic acids is 1. The molecule has 0 aromatic heterocycles. The van der Waals surface area contributed by atoms with E-state index in [9.17, 15) is 19.5 Å². The lowest BCUT2D eigenvalue weighted by Crippen LogP contribution is -2.63. The quantitative estimate of drug-likeness (QED) is 0.435. The largest absolute Gasteiger partial charge is 0.481 e. The van der Waals surface area contributed by atoms with Crippen molar-refractivity contribution in [2.24, 2.45) is 0 Å². The first-order chi connectivity index (χ1) is 18.0. The highest BCUT2D eigenvalue weighted by Gasteiger charge is 2.48. The Morgan fingerprint density at radius 2 is 1.49 bits per heavy atom. The van der Waals surface area contributed by atoms with Gasteiger partial charge < -0.3 is 20.1 Å². The summed E-state index contributed by atoms with van der Waals surface area (Å²) in [6.07, 6.45) is 0.989. The number of nitrogens with zero attached hydrogens (tertiary/aromatic N) is 1. The Balaban J connectivity index is 1.28. The molecule has 190 valence electrons. The van der Waals surface area contributed by atoms with Gasteiger partial charge in [-0.25, -0.2) is 4.79 Å². The zero-order valence-corrected chi connectivity index (χ0v) is 20.6. The van der Waals surface area contributed by atoms with E-state index in [1.807, 2.05) is 54.6 Å². The number of hydrogen-bond donors (Lipinski definition) is 2. The molecule has 5 rings (SSSR count). The average Bonchev–Trinajstić information content (AvgIpc) is 3.21. The van der Waals surface area contributed by atoms with Crippen molar-refractivity contribution in [1.82, 2.24) is 10.2 Å². The van der Waals surface area contributed by atoms with Gasteiger partial charge in [-0.05, 0) is 47.1 Å². The van der Waals surface area contributed by atoms with E-state index in [0.717, 1.165) is 34.2 Å². The van der Waals surface area contributed by atoms with E-state index in [2.05, 4.69) is 29.6 Å². The first kappa shape index (κ1) is 24.6. The van der Waals surface area contributed by atoms with E-state index in [1.54, 1.807) is 0 Å². The number of ether oxygens (including phenoxy) is 1. The SMILES string of the molecule is O=C(O)CCN(Cc1ccccc1)C(=O)C1(NC(=O)OCC2c3ccccc3-c3ccccc32)CCC1. The standard InChI is InChI=1S/C30H30N2O5/c33-27(34)15-18-32(19-21-9-2-1-3-10-21)28(35)30(16-8-17-30)31-29(36)37-20-26-24-13-6-4-11-22(24)23-12-5-7-14-25(23)26/h1-7,9-14,26H,8,15-20H2,(H,31,36)(H,33,34). The molecule has 2 N–H and O–H groups in total. The van der Waals surface area contributed by atoms with E-state index in [0.29, 0.717) is 12.8 Å². The van der Waals surface area contributed by atoms with Crippen LogP contribution in [-0.2, 0) is 20.9 Å². The van der Waals surface area contributed by atoms with Gasteiger partial charge in [-0.1, -0.05) is 78.9 Å². The van der Waals surface area contributed by atoms with Crippen LogP contribution >= 0.6 is 0 Å². The van der Waals surface area contributed by atoms with Crippen LogP contribution in [0.1, 0.15) is 48.3 Å². The molecular weight excluding hydrogens is 468 g/mol. The van der Waals surface area contributed by atoms with E-state index in [-0.39, 0.29) is 37.9 Å². The van der Waals surface area contributed by atoms with Crippen LogP contribution in [0.25, 0.3) is 11.1 Å². The molecule has 2 amide bonds. The zero-order chi connectivity index (χ0) is 25.8. The first-order valence-electron chi connectivity index (χ1n) is 12.7. The molecule has 3 aromatic carbocycles. The van der Waals surface area contributed by atoms with Gasteiger partial charge in [0.05, 0.1) is 6.42 Å². The molecular formula is C30H30N2O5. The van der Waals surface area contributed by atoms with Crippen LogP contribution in [0.15, 0.2) is 78.9 Å². The number of fused-ring (bicyclic) bond motifs is 3. The van der Waals surface area contributed by atoms with Gasteiger partial charge in [0.15, 0.2) is 0 Å². The average molecular weight is 499 g/mol. The minimum absolute atomic E-state index is 0.0666. The fourth-order valence-electron chi connectivity index (χ4n) is 5.34. The van der Waals surface area contributed by atoms with Gasteiger partial charge in [0.1, 0.15) is 12.1 Å². The van der Waals surface area contributed by atoms with Crippen LogP contribution in [0.5, 0.6) is 0 Å². The van der Waals surface area contributed by atoms with Crippen molar-refractivity contribution in [3.05, 3.63) is 95.6 Å². The molecule has 0 atom stereocenters. The lowest BCUT2D eigenvalue weighted by atomic mass is 9.75. The molecule has 2 aliphatic carbocycles. The first-order valence-corrected chi connectivity index (χ1v) is 12.7.